The van der Waals surface area contributed by atoms with Crippen LogP contribution in [0.5, 0.6) is 0 Å². The Morgan fingerprint density at radius 3 is 2.48 bits per heavy atom. The van der Waals surface area contributed by atoms with Crippen LogP contribution in [0.1, 0.15) is 39.2 Å². The largest absolute Gasteiger partial charge is 0.467 e. The number of rotatable bonds is 8. The number of aromatic nitrogens is 2. The van der Waals surface area contributed by atoms with E-state index in [1.165, 1.54) is 20.2 Å². The van der Waals surface area contributed by atoms with Gasteiger partial charge in [0.1, 0.15) is 18.2 Å². The predicted octanol–water partition coefficient (Wildman–Crippen LogP) is -0.192. The molecule has 1 atom stereocenters. The number of hydrogen-bond donors (Lipinski definition) is 3. The highest BCUT2D eigenvalue weighted by molar-refractivity contribution is 5.84. The second-order valence-electron chi connectivity index (χ2n) is 7.41. The first-order chi connectivity index (χ1) is 13.4. The molecule has 0 saturated carbocycles. The minimum Gasteiger partial charge on any atom is -0.467 e. The van der Waals surface area contributed by atoms with Gasteiger partial charge in [0.25, 0.3) is 5.56 Å². The van der Waals surface area contributed by atoms with Gasteiger partial charge >= 0.3 is 17.8 Å². The average molecular weight is 412 g/mol. The van der Waals surface area contributed by atoms with Crippen LogP contribution in [-0.4, -0.2) is 52.8 Å². The van der Waals surface area contributed by atoms with E-state index in [1.54, 1.807) is 20.8 Å². The molecule has 1 aromatic heterocycles. The molecule has 0 saturated heterocycles. The molecule has 3 N–H and O–H groups in total. The van der Waals surface area contributed by atoms with Crippen LogP contribution in [0, 0.1) is 6.92 Å². The van der Waals surface area contributed by atoms with Crippen LogP contribution in [0.15, 0.2) is 15.8 Å². The summed E-state index contributed by atoms with van der Waals surface area (Å²) in [5.74, 6) is -1.25. The number of alkyl carbamates (subject to hydrolysis) is 1. The van der Waals surface area contributed by atoms with E-state index in [1.807, 2.05) is 0 Å². The zero-order valence-corrected chi connectivity index (χ0v) is 17.3. The fourth-order valence-corrected chi connectivity index (χ4v) is 2.33. The number of methoxy groups -OCH3 is 1. The van der Waals surface area contributed by atoms with Crippen molar-refractivity contribution >= 4 is 18.0 Å². The molecule has 1 heterocycles. The summed E-state index contributed by atoms with van der Waals surface area (Å²) < 4.78 is 10.8. The monoisotopic (exact) mass is 412 g/mol. The van der Waals surface area contributed by atoms with Gasteiger partial charge in [0.15, 0.2) is 0 Å². The molecular weight excluding hydrogens is 384 g/mol. The first-order valence-corrected chi connectivity index (χ1v) is 9.07. The molecule has 1 rings (SSSR count). The maximum atomic E-state index is 12.2. The van der Waals surface area contributed by atoms with Crippen LogP contribution < -0.4 is 21.9 Å². The Labute approximate surface area is 167 Å². The van der Waals surface area contributed by atoms with Crippen molar-refractivity contribution in [2.75, 3.05) is 13.7 Å². The minimum atomic E-state index is -0.951. The van der Waals surface area contributed by atoms with Crippen LogP contribution in [0.3, 0.4) is 0 Å². The van der Waals surface area contributed by atoms with E-state index in [2.05, 4.69) is 20.4 Å². The molecule has 2 amide bonds. The van der Waals surface area contributed by atoms with Gasteiger partial charge in [-0.2, -0.15) is 0 Å². The second kappa shape index (κ2) is 10.4. The normalized spacial score (nSPS) is 12.0. The highest BCUT2D eigenvalue weighted by Crippen LogP contribution is 2.06. The molecule has 0 unspecified atom stereocenters. The molecular formula is C18H28N4O7. The number of nitrogens with zero attached hydrogens (tertiary/aromatic N) is 1. The smallest absolute Gasteiger partial charge is 0.407 e. The number of aryl methyl sites for hydroxylation is 1. The van der Waals surface area contributed by atoms with Crippen molar-refractivity contribution in [2.45, 2.75) is 58.7 Å². The Bertz CT molecular complexity index is 851. The molecule has 0 aliphatic carbocycles. The number of nitrogens with one attached hydrogen (secondary N) is 3. The van der Waals surface area contributed by atoms with E-state index < -0.39 is 40.9 Å². The van der Waals surface area contributed by atoms with Crippen LogP contribution in [0.2, 0.25) is 0 Å². The summed E-state index contributed by atoms with van der Waals surface area (Å²) in [5.41, 5.74) is -1.61. The van der Waals surface area contributed by atoms with Gasteiger partial charge in [0.05, 0.1) is 7.11 Å². The van der Waals surface area contributed by atoms with E-state index in [9.17, 15) is 24.0 Å². The summed E-state index contributed by atoms with van der Waals surface area (Å²) in [6, 6.07) is -0.951. The van der Waals surface area contributed by atoms with Gasteiger partial charge in [0.2, 0.25) is 5.91 Å². The highest BCUT2D eigenvalue weighted by Gasteiger charge is 2.22. The van der Waals surface area contributed by atoms with Gasteiger partial charge in [-0.25, -0.2) is 14.4 Å². The molecule has 0 aliphatic heterocycles. The third kappa shape index (κ3) is 8.62. The lowest BCUT2D eigenvalue weighted by Crippen LogP contribution is -2.45. The maximum absolute atomic E-state index is 12.2. The van der Waals surface area contributed by atoms with E-state index in [0.29, 0.717) is 6.42 Å². The van der Waals surface area contributed by atoms with E-state index in [4.69, 9.17) is 4.74 Å². The van der Waals surface area contributed by atoms with Crippen molar-refractivity contribution in [3.05, 3.63) is 32.6 Å². The number of ether oxygens (including phenoxy) is 2. The van der Waals surface area contributed by atoms with Crippen LogP contribution in [-0.2, 0) is 25.6 Å². The summed E-state index contributed by atoms with van der Waals surface area (Å²) in [4.78, 5) is 61.0. The highest BCUT2D eigenvalue weighted by atomic mass is 16.6. The molecule has 0 radical (unpaired) electrons. The summed E-state index contributed by atoms with van der Waals surface area (Å²) in [7, 11) is 1.19. The number of aromatic amines is 1. The van der Waals surface area contributed by atoms with Gasteiger partial charge in [-0.15, -0.1) is 0 Å². The zero-order valence-electron chi connectivity index (χ0n) is 17.3. The van der Waals surface area contributed by atoms with Crippen LogP contribution in [0.25, 0.3) is 0 Å². The van der Waals surface area contributed by atoms with Gasteiger partial charge in [0, 0.05) is 18.3 Å². The Morgan fingerprint density at radius 2 is 1.90 bits per heavy atom. The molecule has 0 spiro atoms. The molecule has 0 aromatic carbocycles. The Kier molecular flexibility index (Phi) is 8.61. The second-order valence-corrected chi connectivity index (χ2v) is 7.41. The van der Waals surface area contributed by atoms with Gasteiger partial charge in [-0.1, -0.05) is 0 Å². The van der Waals surface area contributed by atoms with Crippen molar-refractivity contribution in [1.82, 2.24) is 20.2 Å². The Balaban J connectivity index is 2.61. The predicted molar refractivity (Wildman–Crippen MR) is 103 cm³/mol. The lowest BCUT2D eigenvalue weighted by molar-refractivity contribution is -0.145. The summed E-state index contributed by atoms with van der Waals surface area (Å²) in [5, 5.41) is 5.05. The topological polar surface area (TPSA) is 149 Å². The molecule has 29 heavy (non-hydrogen) atoms. The summed E-state index contributed by atoms with van der Waals surface area (Å²) in [6.07, 6.45) is 1.26. The third-order valence-corrected chi connectivity index (χ3v) is 3.66. The van der Waals surface area contributed by atoms with E-state index in [0.717, 1.165) is 4.57 Å². The summed E-state index contributed by atoms with van der Waals surface area (Å²) in [6.45, 7) is 6.58. The van der Waals surface area contributed by atoms with E-state index >= 15 is 0 Å². The molecule has 0 bridgehead atoms. The van der Waals surface area contributed by atoms with E-state index in [-0.39, 0.29) is 25.1 Å². The summed E-state index contributed by atoms with van der Waals surface area (Å²) >= 11 is 0. The zero-order chi connectivity index (χ0) is 22.2. The Morgan fingerprint density at radius 1 is 1.24 bits per heavy atom. The SMILES string of the molecule is COC(=O)[C@H](CCCNC(=O)OC(C)(C)C)NC(=O)Cn1cc(C)c(=O)[nH]c1=O. The number of carbonyl (C=O) groups excluding carboxylic acids is 3. The quantitative estimate of drug-likeness (QED) is 0.396. The minimum absolute atomic E-state index is 0.202. The Hall–Kier alpha value is -3.11. The van der Waals surface area contributed by atoms with Gasteiger partial charge in [-0.05, 0) is 40.5 Å². The number of hydrogen-bond acceptors (Lipinski definition) is 7. The van der Waals surface area contributed by atoms with Crippen molar-refractivity contribution in [3.63, 3.8) is 0 Å². The first kappa shape index (κ1) is 23.9. The first-order valence-electron chi connectivity index (χ1n) is 9.07. The lowest BCUT2D eigenvalue weighted by atomic mass is 10.1. The fourth-order valence-electron chi connectivity index (χ4n) is 2.33. The molecule has 162 valence electrons. The molecule has 0 fully saturated rings. The van der Waals surface area contributed by atoms with Crippen LogP contribution in [0.4, 0.5) is 4.79 Å². The molecule has 1 aromatic rings. The van der Waals surface area contributed by atoms with Crippen molar-refractivity contribution in [1.29, 1.82) is 0 Å². The third-order valence-electron chi connectivity index (χ3n) is 3.66. The maximum Gasteiger partial charge on any atom is 0.407 e. The van der Waals surface area contributed by atoms with Gasteiger partial charge in [-0.3, -0.25) is 19.1 Å². The van der Waals surface area contributed by atoms with Gasteiger partial charge < -0.3 is 20.1 Å². The molecule has 0 aliphatic rings. The molecule has 11 nitrogen and oxygen atoms in total. The number of H-pyrrole nitrogens is 1. The van der Waals surface area contributed by atoms with Crippen LogP contribution >= 0.6 is 0 Å². The number of amides is 2. The standard InChI is InChI=1S/C18H28N4O7/c1-11-9-22(16(26)21-14(11)24)10-13(23)20-12(15(25)28-5)7-6-8-19-17(27)29-18(2,3)4/h9,12H,6-8,10H2,1-5H3,(H,19,27)(H,20,23)(H,21,24,26)/t12-/m0/s1. The fraction of sp³-hybridized carbons (Fsp3) is 0.611. The number of esters is 1. The average Bonchev–Trinajstić information content (AvgIpc) is 2.60. The molecule has 11 heteroatoms. The number of carbonyl (C=O) groups is 3. The van der Waals surface area contributed by atoms with Crippen molar-refractivity contribution in [3.8, 4) is 0 Å². The lowest BCUT2D eigenvalue weighted by Gasteiger charge is -2.20. The van der Waals surface area contributed by atoms with Crippen molar-refractivity contribution in [2.24, 2.45) is 0 Å². The van der Waals surface area contributed by atoms with Crippen molar-refractivity contribution < 1.29 is 23.9 Å².